The molecule has 0 unspecified atom stereocenters. The molecule has 2 heterocycles. The Hall–Kier alpha value is -0.880. The van der Waals surface area contributed by atoms with Gasteiger partial charge in [-0.25, -0.2) is 4.98 Å². The summed E-state index contributed by atoms with van der Waals surface area (Å²) in [5.41, 5.74) is 0. The fourth-order valence-electron chi connectivity index (χ4n) is 2.18. The van der Waals surface area contributed by atoms with Gasteiger partial charge in [0.05, 0.1) is 4.47 Å². The van der Waals surface area contributed by atoms with Crippen molar-refractivity contribution >= 4 is 27.7 Å². The standard InChI is InChI=1S/C13H22BrN5/c1-3-5-15-13-16-10-11(14)12(17-13)19-8-6-18(4-2)7-9-19/h10H,3-9H2,1-2H3,(H,15,16,17). The minimum atomic E-state index is 0.720. The number of nitrogens with zero attached hydrogens (tertiary/aromatic N) is 4. The lowest BCUT2D eigenvalue weighted by Gasteiger charge is -2.35. The van der Waals surface area contributed by atoms with E-state index >= 15 is 0 Å². The molecule has 0 spiro atoms. The summed E-state index contributed by atoms with van der Waals surface area (Å²) >= 11 is 3.56. The van der Waals surface area contributed by atoms with Crippen LogP contribution in [0.15, 0.2) is 10.7 Å². The van der Waals surface area contributed by atoms with Crippen LogP contribution in [-0.2, 0) is 0 Å². The summed E-state index contributed by atoms with van der Waals surface area (Å²) in [7, 11) is 0. The molecular formula is C13H22BrN5. The average Bonchev–Trinajstić information content (AvgIpc) is 2.46. The maximum Gasteiger partial charge on any atom is 0.224 e. The van der Waals surface area contributed by atoms with Crippen molar-refractivity contribution in [2.24, 2.45) is 0 Å². The second-order valence-electron chi connectivity index (χ2n) is 4.71. The van der Waals surface area contributed by atoms with Crippen LogP contribution in [0.4, 0.5) is 11.8 Å². The zero-order chi connectivity index (χ0) is 13.7. The van der Waals surface area contributed by atoms with E-state index in [1.54, 1.807) is 0 Å². The van der Waals surface area contributed by atoms with Crippen molar-refractivity contribution in [3.8, 4) is 0 Å². The lowest BCUT2D eigenvalue weighted by molar-refractivity contribution is 0.270. The third-order valence-electron chi connectivity index (χ3n) is 3.38. The second kappa shape index (κ2) is 7.05. The van der Waals surface area contributed by atoms with Gasteiger partial charge in [0.2, 0.25) is 5.95 Å². The van der Waals surface area contributed by atoms with Gasteiger partial charge in [0.1, 0.15) is 5.82 Å². The van der Waals surface area contributed by atoms with E-state index in [0.29, 0.717) is 0 Å². The van der Waals surface area contributed by atoms with Crippen molar-refractivity contribution < 1.29 is 0 Å². The third-order valence-corrected chi connectivity index (χ3v) is 3.94. The average molecular weight is 328 g/mol. The molecule has 1 N–H and O–H groups in total. The summed E-state index contributed by atoms with van der Waals surface area (Å²) in [4.78, 5) is 13.7. The number of halogens is 1. The molecule has 1 aromatic rings. The fourth-order valence-corrected chi connectivity index (χ4v) is 2.62. The molecule has 1 aromatic heterocycles. The van der Waals surface area contributed by atoms with E-state index in [9.17, 15) is 0 Å². The maximum atomic E-state index is 4.62. The summed E-state index contributed by atoms with van der Waals surface area (Å²) in [6, 6.07) is 0. The molecule has 19 heavy (non-hydrogen) atoms. The molecule has 0 radical (unpaired) electrons. The molecule has 0 saturated carbocycles. The second-order valence-corrected chi connectivity index (χ2v) is 5.57. The SMILES string of the molecule is CCCNc1ncc(Br)c(N2CCN(CC)CC2)n1. The Morgan fingerprint density at radius 2 is 2.00 bits per heavy atom. The third kappa shape index (κ3) is 3.79. The van der Waals surface area contributed by atoms with Crippen molar-refractivity contribution in [2.45, 2.75) is 20.3 Å². The molecular weight excluding hydrogens is 306 g/mol. The van der Waals surface area contributed by atoms with Gasteiger partial charge in [0.25, 0.3) is 0 Å². The number of nitrogens with one attached hydrogen (secondary N) is 1. The van der Waals surface area contributed by atoms with Gasteiger partial charge >= 0.3 is 0 Å². The Balaban J connectivity index is 2.06. The molecule has 6 heteroatoms. The van der Waals surface area contributed by atoms with Gasteiger partial charge in [-0.1, -0.05) is 13.8 Å². The highest BCUT2D eigenvalue weighted by atomic mass is 79.9. The molecule has 0 amide bonds. The molecule has 5 nitrogen and oxygen atoms in total. The summed E-state index contributed by atoms with van der Waals surface area (Å²) in [5.74, 6) is 1.72. The van der Waals surface area contributed by atoms with Crippen molar-refractivity contribution in [2.75, 3.05) is 49.5 Å². The lowest BCUT2D eigenvalue weighted by Crippen LogP contribution is -2.46. The molecule has 0 aromatic carbocycles. The minimum absolute atomic E-state index is 0.720. The van der Waals surface area contributed by atoms with Gasteiger partial charge in [-0.3, -0.25) is 0 Å². The maximum absolute atomic E-state index is 4.62. The first kappa shape index (κ1) is 14.5. The first-order valence-corrected chi connectivity index (χ1v) is 7.77. The highest BCUT2D eigenvalue weighted by molar-refractivity contribution is 9.10. The Morgan fingerprint density at radius 1 is 1.26 bits per heavy atom. The van der Waals surface area contributed by atoms with Crippen LogP contribution in [0.5, 0.6) is 0 Å². The van der Waals surface area contributed by atoms with Crippen molar-refractivity contribution in [3.05, 3.63) is 10.7 Å². The van der Waals surface area contributed by atoms with Gasteiger partial charge in [0.15, 0.2) is 0 Å². The van der Waals surface area contributed by atoms with Crippen LogP contribution in [0, 0.1) is 0 Å². The largest absolute Gasteiger partial charge is 0.354 e. The highest BCUT2D eigenvalue weighted by Crippen LogP contribution is 2.25. The van der Waals surface area contributed by atoms with Crippen LogP contribution in [-0.4, -0.2) is 54.1 Å². The molecule has 1 fully saturated rings. The van der Waals surface area contributed by atoms with Gasteiger partial charge < -0.3 is 15.1 Å². The summed E-state index contributed by atoms with van der Waals surface area (Å²) < 4.78 is 0.972. The quantitative estimate of drug-likeness (QED) is 0.898. The molecule has 0 atom stereocenters. The van der Waals surface area contributed by atoms with E-state index < -0.39 is 0 Å². The Morgan fingerprint density at radius 3 is 2.63 bits per heavy atom. The van der Waals surface area contributed by atoms with Gasteiger partial charge in [-0.15, -0.1) is 0 Å². The van der Waals surface area contributed by atoms with E-state index in [1.165, 1.54) is 0 Å². The molecule has 1 aliphatic rings. The Kier molecular flexibility index (Phi) is 5.39. The van der Waals surface area contributed by atoms with E-state index in [4.69, 9.17) is 0 Å². The number of anilines is 2. The van der Waals surface area contributed by atoms with Crippen LogP contribution in [0.25, 0.3) is 0 Å². The highest BCUT2D eigenvalue weighted by Gasteiger charge is 2.19. The van der Waals surface area contributed by atoms with Crippen molar-refractivity contribution in [1.82, 2.24) is 14.9 Å². The predicted molar refractivity (Wildman–Crippen MR) is 82.8 cm³/mol. The molecule has 106 valence electrons. The van der Waals surface area contributed by atoms with E-state index in [0.717, 1.165) is 61.9 Å². The first-order chi connectivity index (χ1) is 9.24. The van der Waals surface area contributed by atoms with Gasteiger partial charge in [-0.05, 0) is 28.9 Å². The normalized spacial score (nSPS) is 16.7. The van der Waals surface area contributed by atoms with E-state index in [1.807, 2.05) is 6.20 Å². The zero-order valence-corrected chi connectivity index (χ0v) is 13.3. The summed E-state index contributed by atoms with van der Waals surface area (Å²) in [6.45, 7) is 10.6. The molecule has 1 saturated heterocycles. The number of aromatic nitrogens is 2. The number of piperazine rings is 1. The number of hydrogen-bond donors (Lipinski definition) is 1. The van der Waals surface area contributed by atoms with Crippen molar-refractivity contribution in [3.63, 3.8) is 0 Å². The number of hydrogen-bond acceptors (Lipinski definition) is 5. The van der Waals surface area contributed by atoms with E-state index in [-0.39, 0.29) is 0 Å². The van der Waals surface area contributed by atoms with Crippen LogP contribution in [0.1, 0.15) is 20.3 Å². The first-order valence-electron chi connectivity index (χ1n) is 6.98. The van der Waals surface area contributed by atoms with Crippen molar-refractivity contribution in [1.29, 1.82) is 0 Å². The lowest BCUT2D eigenvalue weighted by atomic mass is 10.3. The Labute approximate surface area is 123 Å². The minimum Gasteiger partial charge on any atom is -0.354 e. The summed E-state index contributed by atoms with van der Waals surface area (Å²) in [5, 5.41) is 3.24. The molecule has 2 rings (SSSR count). The monoisotopic (exact) mass is 327 g/mol. The molecule has 1 aliphatic heterocycles. The zero-order valence-electron chi connectivity index (χ0n) is 11.7. The van der Waals surface area contributed by atoms with E-state index in [2.05, 4.69) is 54.9 Å². The number of likely N-dealkylation sites (N-methyl/N-ethyl adjacent to an activating group) is 1. The van der Waals surface area contributed by atoms with Gasteiger partial charge in [-0.2, -0.15) is 4.98 Å². The van der Waals surface area contributed by atoms with Crippen LogP contribution >= 0.6 is 15.9 Å². The molecule has 0 bridgehead atoms. The topological polar surface area (TPSA) is 44.3 Å². The van der Waals surface area contributed by atoms with Gasteiger partial charge in [0, 0.05) is 38.9 Å². The number of rotatable bonds is 5. The summed E-state index contributed by atoms with van der Waals surface area (Å²) in [6.07, 6.45) is 2.91. The van der Waals surface area contributed by atoms with Crippen LogP contribution < -0.4 is 10.2 Å². The molecule has 0 aliphatic carbocycles. The van der Waals surface area contributed by atoms with Crippen LogP contribution in [0.2, 0.25) is 0 Å². The fraction of sp³-hybridized carbons (Fsp3) is 0.692. The smallest absolute Gasteiger partial charge is 0.224 e. The van der Waals surface area contributed by atoms with Crippen LogP contribution in [0.3, 0.4) is 0 Å². The Bertz CT molecular complexity index is 404. The predicted octanol–water partition coefficient (Wildman–Crippen LogP) is 2.20.